The van der Waals surface area contributed by atoms with Crippen LogP contribution < -0.4 is 15.7 Å². The van der Waals surface area contributed by atoms with Gasteiger partial charge in [-0.15, -0.1) is 0 Å². The number of para-hydroxylation sites is 1. The van der Waals surface area contributed by atoms with Crippen LogP contribution in [-0.2, 0) is 11.2 Å². The van der Waals surface area contributed by atoms with E-state index in [-0.39, 0.29) is 11.4 Å². The number of nitrogens with zero attached hydrogens (tertiary/aromatic N) is 2. The Bertz CT molecular complexity index is 1090. The fourth-order valence-corrected chi connectivity index (χ4v) is 3.76. The molecule has 3 N–H and O–H groups in total. The number of aromatic nitrogens is 2. The molecule has 166 valence electrons. The third-order valence-electron chi connectivity index (χ3n) is 5.22. The summed E-state index contributed by atoms with van der Waals surface area (Å²) in [4.78, 5) is 28.7. The molecular weight excluding hydrogens is 416 g/mol. The molecule has 1 aromatic carbocycles. The van der Waals surface area contributed by atoms with Crippen molar-refractivity contribution in [1.29, 1.82) is 0 Å². The van der Waals surface area contributed by atoms with E-state index in [9.17, 15) is 23.5 Å². The van der Waals surface area contributed by atoms with Crippen molar-refractivity contribution in [3.05, 3.63) is 52.1 Å². The molecule has 9 nitrogen and oxygen atoms in total. The molecule has 1 saturated heterocycles. The van der Waals surface area contributed by atoms with E-state index < -0.39 is 48.2 Å². The number of halogens is 2. The Labute approximate surface area is 175 Å². The van der Waals surface area contributed by atoms with E-state index in [1.165, 1.54) is 0 Å². The zero-order chi connectivity index (χ0) is 22.6. The maximum absolute atomic E-state index is 14.3. The minimum absolute atomic E-state index is 0.151. The van der Waals surface area contributed by atoms with Crippen LogP contribution in [-0.4, -0.2) is 56.0 Å². The predicted octanol–water partition coefficient (Wildman–Crippen LogP) is 1.09. The Kier molecular flexibility index (Phi) is 5.07. The van der Waals surface area contributed by atoms with Crippen molar-refractivity contribution in [2.45, 2.75) is 50.2 Å². The second-order valence-electron chi connectivity index (χ2n) is 8.12. The first kappa shape index (κ1) is 21.3. The fourth-order valence-electron chi connectivity index (χ4n) is 3.76. The van der Waals surface area contributed by atoms with Crippen LogP contribution in [0.3, 0.4) is 0 Å². The monoisotopic (exact) mass is 437 g/mol. The summed E-state index contributed by atoms with van der Waals surface area (Å²) >= 11 is 0. The number of carbonyl (C=O) groups is 1. The van der Waals surface area contributed by atoms with Crippen LogP contribution in [0.2, 0.25) is 0 Å². The number of rotatable bonds is 4. The van der Waals surface area contributed by atoms with E-state index in [0.717, 1.165) is 17.8 Å². The summed E-state index contributed by atoms with van der Waals surface area (Å²) in [6.45, 7) is 2.95. The minimum Gasteiger partial charge on any atom is -0.486 e. The Morgan fingerprint density at radius 3 is 2.74 bits per heavy atom. The number of fused-ring (bicyclic) bond motifs is 1. The van der Waals surface area contributed by atoms with E-state index in [1.54, 1.807) is 12.1 Å². The lowest BCUT2D eigenvalue weighted by molar-refractivity contribution is -0.140. The summed E-state index contributed by atoms with van der Waals surface area (Å²) in [5.74, 6) is -4.10. The second-order valence-corrected chi connectivity index (χ2v) is 8.12. The molecule has 3 heterocycles. The van der Waals surface area contributed by atoms with Gasteiger partial charge in [0.15, 0.2) is 6.10 Å². The molecule has 2 aromatic rings. The van der Waals surface area contributed by atoms with Gasteiger partial charge in [-0.3, -0.25) is 9.36 Å². The zero-order valence-electron chi connectivity index (χ0n) is 16.7. The summed E-state index contributed by atoms with van der Waals surface area (Å²) in [6.07, 6.45) is -4.36. The highest BCUT2D eigenvalue weighted by atomic mass is 19.3. The van der Waals surface area contributed by atoms with Gasteiger partial charge in [-0.05, 0) is 31.5 Å². The number of amides is 1. The van der Waals surface area contributed by atoms with Crippen molar-refractivity contribution in [3.63, 3.8) is 0 Å². The number of hydrogen-bond acceptors (Lipinski definition) is 7. The summed E-state index contributed by atoms with van der Waals surface area (Å²) in [6, 6.07) is 6.30. The van der Waals surface area contributed by atoms with E-state index in [2.05, 4.69) is 10.3 Å². The van der Waals surface area contributed by atoms with Gasteiger partial charge in [0.05, 0.1) is 12.2 Å². The number of ether oxygens (including phenoxy) is 2. The van der Waals surface area contributed by atoms with Gasteiger partial charge in [0.1, 0.15) is 23.3 Å². The van der Waals surface area contributed by atoms with Gasteiger partial charge in [-0.25, -0.2) is 4.79 Å². The summed E-state index contributed by atoms with van der Waals surface area (Å²) in [5, 5.41) is 21.1. The summed E-state index contributed by atoms with van der Waals surface area (Å²) in [7, 11) is 0. The van der Waals surface area contributed by atoms with Crippen LogP contribution >= 0.6 is 0 Å². The van der Waals surface area contributed by atoms with Gasteiger partial charge in [0.2, 0.25) is 6.23 Å². The third-order valence-corrected chi connectivity index (χ3v) is 5.22. The number of carbonyl (C=O) groups excluding carboxylic acids is 1. The summed E-state index contributed by atoms with van der Waals surface area (Å²) in [5.41, 5.74) is -0.447. The van der Waals surface area contributed by atoms with Crippen LogP contribution in [0.1, 0.15) is 36.0 Å². The van der Waals surface area contributed by atoms with Crippen molar-refractivity contribution in [1.82, 2.24) is 9.55 Å². The molecule has 1 unspecified atom stereocenters. The first-order chi connectivity index (χ1) is 14.5. The summed E-state index contributed by atoms with van der Waals surface area (Å²) < 4.78 is 39.8. The van der Waals surface area contributed by atoms with Gasteiger partial charge >= 0.3 is 11.6 Å². The molecule has 2 aliphatic heterocycles. The molecule has 1 fully saturated rings. The predicted molar refractivity (Wildman–Crippen MR) is 103 cm³/mol. The largest absolute Gasteiger partial charge is 0.486 e. The van der Waals surface area contributed by atoms with Crippen LogP contribution in [0.5, 0.6) is 5.75 Å². The lowest BCUT2D eigenvalue weighted by atomic mass is 10.0. The zero-order valence-corrected chi connectivity index (χ0v) is 16.7. The number of aliphatic hydroxyl groups is 2. The van der Waals surface area contributed by atoms with Crippen LogP contribution in [0.25, 0.3) is 0 Å². The Morgan fingerprint density at radius 1 is 1.35 bits per heavy atom. The minimum atomic E-state index is -3.82. The van der Waals surface area contributed by atoms with Crippen LogP contribution in [0.4, 0.5) is 14.6 Å². The SMILES string of the molecule is CC1(C)Cc2cccc(C(=O)Nc3ccn(C4O[C@H](CO)[C@@H](O)C4(F)F)c(=O)n3)c2O1. The molecule has 1 amide bonds. The molecule has 0 saturated carbocycles. The molecule has 0 radical (unpaired) electrons. The van der Waals surface area contributed by atoms with Crippen molar-refractivity contribution >= 4 is 11.7 Å². The number of hydrogen-bond donors (Lipinski definition) is 3. The van der Waals surface area contributed by atoms with Crippen molar-refractivity contribution in [2.24, 2.45) is 0 Å². The smallest absolute Gasteiger partial charge is 0.351 e. The molecule has 3 atom stereocenters. The maximum atomic E-state index is 14.3. The van der Waals surface area contributed by atoms with Gasteiger partial charge in [0.25, 0.3) is 5.91 Å². The van der Waals surface area contributed by atoms with Crippen molar-refractivity contribution < 1.29 is 33.3 Å². The number of nitrogens with one attached hydrogen (secondary N) is 1. The highest BCUT2D eigenvalue weighted by Crippen LogP contribution is 2.42. The fraction of sp³-hybridized carbons (Fsp3) is 0.450. The van der Waals surface area contributed by atoms with E-state index in [0.29, 0.717) is 16.7 Å². The molecule has 31 heavy (non-hydrogen) atoms. The highest BCUT2D eigenvalue weighted by molar-refractivity contribution is 6.06. The Balaban J connectivity index is 1.56. The first-order valence-electron chi connectivity index (χ1n) is 9.57. The first-order valence-corrected chi connectivity index (χ1v) is 9.57. The topological polar surface area (TPSA) is 123 Å². The Hall–Kier alpha value is -2.89. The van der Waals surface area contributed by atoms with Gasteiger partial charge < -0.3 is 25.0 Å². The molecule has 4 rings (SSSR count). The lowest BCUT2D eigenvalue weighted by Gasteiger charge is -2.21. The number of alkyl halides is 2. The Morgan fingerprint density at radius 2 is 2.10 bits per heavy atom. The van der Waals surface area contributed by atoms with E-state index in [1.807, 2.05) is 19.9 Å². The number of anilines is 1. The normalized spacial score (nSPS) is 25.7. The standard InChI is InChI=1S/C20H21F2N3O6/c1-19(2)8-10-4-3-5-11(14(10)31-19)16(28)23-13-6-7-25(18(29)24-13)17-20(21,22)15(27)12(9-26)30-17/h3-7,12,15,17,26-27H,8-9H2,1-2H3,(H,23,24,28,29)/t12-,15-,17?/m1/s1. The molecule has 0 bridgehead atoms. The maximum Gasteiger partial charge on any atom is 0.351 e. The quantitative estimate of drug-likeness (QED) is 0.655. The highest BCUT2D eigenvalue weighted by Gasteiger charge is 2.59. The molecule has 1 aromatic heterocycles. The average Bonchev–Trinajstić information content (AvgIpc) is 3.13. The van der Waals surface area contributed by atoms with E-state index >= 15 is 0 Å². The van der Waals surface area contributed by atoms with Gasteiger partial charge in [-0.1, -0.05) is 12.1 Å². The van der Waals surface area contributed by atoms with Crippen LogP contribution in [0.15, 0.2) is 35.3 Å². The molecule has 0 aliphatic carbocycles. The van der Waals surface area contributed by atoms with E-state index in [4.69, 9.17) is 14.6 Å². The van der Waals surface area contributed by atoms with Crippen molar-refractivity contribution in [3.8, 4) is 5.75 Å². The average molecular weight is 437 g/mol. The van der Waals surface area contributed by atoms with Crippen molar-refractivity contribution in [2.75, 3.05) is 11.9 Å². The van der Waals surface area contributed by atoms with Gasteiger partial charge in [0, 0.05) is 12.6 Å². The molecule has 2 aliphatic rings. The van der Waals surface area contributed by atoms with Crippen LogP contribution in [0, 0.1) is 0 Å². The second kappa shape index (κ2) is 7.36. The molecular formula is C20H21F2N3O6. The molecule has 0 spiro atoms. The molecule has 11 heteroatoms. The lowest BCUT2D eigenvalue weighted by Crippen LogP contribution is -2.41. The van der Waals surface area contributed by atoms with Gasteiger partial charge in [-0.2, -0.15) is 13.8 Å². The number of benzene rings is 1. The third kappa shape index (κ3) is 3.68. The number of aliphatic hydroxyl groups excluding tert-OH is 2.